The molecule has 2 aliphatic heterocycles. The second kappa shape index (κ2) is 11.5. The fraction of sp³-hybridized carbons (Fsp3) is 0.652. The van der Waals surface area contributed by atoms with Crippen molar-refractivity contribution in [1.82, 2.24) is 20.0 Å². The summed E-state index contributed by atoms with van der Waals surface area (Å²) in [6, 6.07) is 9.62. The summed E-state index contributed by atoms with van der Waals surface area (Å²) >= 11 is 0. The number of morpholine rings is 1. The average molecular weight is 541 g/mol. The van der Waals surface area contributed by atoms with E-state index in [1.807, 2.05) is 0 Å². The smallest absolute Gasteiger partial charge is 0.243 e. The highest BCUT2D eigenvalue weighted by molar-refractivity contribution is 14.0. The number of nitrogens with one attached hydrogen (secondary N) is 1. The maximum absolute atomic E-state index is 12.2. The zero-order valence-electron chi connectivity index (χ0n) is 18.8. The summed E-state index contributed by atoms with van der Waals surface area (Å²) in [6.45, 7) is 5.81. The standard InChI is InChI=1S/C23H35N5O2.HI/c1-26(2)22(29)16-24-23(25-20-8-7-18-5-3-4-6-19(18)15-20)28-10-9-21(17-28)27-11-13-30-14-12-27;/h3-6,20-21H,7-17H2,1-2H3,(H,24,25);1H. The Morgan fingerprint density at radius 3 is 2.65 bits per heavy atom. The van der Waals surface area contributed by atoms with Crippen LogP contribution in [0.1, 0.15) is 24.0 Å². The second-order valence-corrected chi connectivity index (χ2v) is 8.82. The zero-order chi connectivity index (χ0) is 20.9. The molecule has 0 radical (unpaired) electrons. The number of fused-ring (bicyclic) bond motifs is 1. The first kappa shape index (κ1) is 24.3. The van der Waals surface area contributed by atoms with E-state index in [-0.39, 0.29) is 36.4 Å². The van der Waals surface area contributed by atoms with Crippen molar-refractivity contribution in [3.8, 4) is 0 Å². The number of hydrogen-bond donors (Lipinski definition) is 1. The summed E-state index contributed by atoms with van der Waals surface area (Å²) in [7, 11) is 3.57. The van der Waals surface area contributed by atoms with Gasteiger partial charge in [0.05, 0.1) is 13.2 Å². The Kier molecular flexibility index (Phi) is 8.97. The molecule has 2 unspecified atom stereocenters. The molecule has 2 fully saturated rings. The highest BCUT2D eigenvalue weighted by atomic mass is 127. The van der Waals surface area contributed by atoms with Crippen LogP contribution in [0.25, 0.3) is 0 Å². The van der Waals surface area contributed by atoms with Crippen molar-refractivity contribution in [3.63, 3.8) is 0 Å². The monoisotopic (exact) mass is 541 g/mol. The van der Waals surface area contributed by atoms with Crippen molar-refractivity contribution < 1.29 is 9.53 Å². The first-order chi connectivity index (χ1) is 14.6. The van der Waals surface area contributed by atoms with Gasteiger partial charge in [-0.25, -0.2) is 4.99 Å². The van der Waals surface area contributed by atoms with Crippen LogP contribution >= 0.6 is 24.0 Å². The molecule has 0 bridgehead atoms. The van der Waals surface area contributed by atoms with Crippen LogP contribution in [0.15, 0.2) is 29.3 Å². The number of carbonyl (C=O) groups is 1. The van der Waals surface area contributed by atoms with Crippen LogP contribution in [0.3, 0.4) is 0 Å². The molecule has 2 atom stereocenters. The predicted octanol–water partition coefficient (Wildman–Crippen LogP) is 1.60. The largest absolute Gasteiger partial charge is 0.379 e. The Labute approximate surface area is 203 Å². The van der Waals surface area contributed by atoms with Crippen LogP contribution in [0.2, 0.25) is 0 Å². The fourth-order valence-electron chi connectivity index (χ4n) is 4.70. The van der Waals surface area contributed by atoms with Crippen LogP contribution < -0.4 is 5.32 Å². The summed E-state index contributed by atoms with van der Waals surface area (Å²) < 4.78 is 5.52. The number of benzene rings is 1. The quantitative estimate of drug-likeness (QED) is 0.357. The Morgan fingerprint density at radius 2 is 1.90 bits per heavy atom. The van der Waals surface area contributed by atoms with Crippen LogP contribution in [-0.2, 0) is 22.4 Å². The number of nitrogens with zero attached hydrogens (tertiary/aromatic N) is 4. The normalized spacial score (nSPS) is 24.3. The van der Waals surface area contributed by atoms with Gasteiger partial charge in [-0.05, 0) is 36.8 Å². The Bertz CT molecular complexity index is 766. The molecule has 0 saturated carbocycles. The van der Waals surface area contributed by atoms with Gasteiger partial charge in [0, 0.05) is 52.4 Å². The minimum atomic E-state index is 0. The van der Waals surface area contributed by atoms with Gasteiger partial charge < -0.3 is 19.9 Å². The van der Waals surface area contributed by atoms with Gasteiger partial charge in [-0.15, -0.1) is 24.0 Å². The van der Waals surface area contributed by atoms with Crippen LogP contribution in [0, 0.1) is 0 Å². The Hall–Kier alpha value is -1.39. The van der Waals surface area contributed by atoms with Gasteiger partial charge in [-0.2, -0.15) is 0 Å². The maximum Gasteiger partial charge on any atom is 0.243 e. The molecular formula is C23H36IN5O2. The number of amides is 1. The molecule has 8 heteroatoms. The van der Waals surface area contributed by atoms with Crippen LogP contribution in [0.4, 0.5) is 0 Å². The van der Waals surface area contributed by atoms with Crippen molar-refractivity contribution in [1.29, 1.82) is 0 Å². The van der Waals surface area contributed by atoms with Crippen molar-refractivity contribution in [2.75, 3.05) is 60.0 Å². The van der Waals surface area contributed by atoms with Gasteiger partial charge >= 0.3 is 0 Å². The SMILES string of the molecule is CN(C)C(=O)CN=C(NC1CCc2ccccc2C1)N1CCC(N2CCOCC2)C1.I. The van der Waals surface area contributed by atoms with Gasteiger partial charge in [-0.1, -0.05) is 24.3 Å². The number of aliphatic imine (C=N–C) groups is 1. The summed E-state index contributed by atoms with van der Waals surface area (Å²) in [5.74, 6) is 0.928. The number of aryl methyl sites for hydroxylation is 1. The molecule has 7 nitrogen and oxygen atoms in total. The molecule has 2 heterocycles. The summed E-state index contributed by atoms with van der Waals surface area (Å²) in [5, 5.41) is 3.72. The van der Waals surface area contributed by atoms with Gasteiger partial charge in [0.25, 0.3) is 0 Å². The third-order valence-electron chi connectivity index (χ3n) is 6.57. The first-order valence-electron chi connectivity index (χ1n) is 11.2. The molecule has 4 rings (SSSR count). The van der Waals surface area contributed by atoms with E-state index in [0.29, 0.717) is 12.1 Å². The lowest BCUT2D eigenvalue weighted by Gasteiger charge is -2.33. The number of likely N-dealkylation sites (tertiary alicyclic amines) is 1. The molecule has 1 aliphatic carbocycles. The minimum Gasteiger partial charge on any atom is -0.379 e. The summed E-state index contributed by atoms with van der Waals surface area (Å²) in [6.07, 6.45) is 4.33. The van der Waals surface area contributed by atoms with E-state index >= 15 is 0 Å². The lowest BCUT2D eigenvalue weighted by Crippen LogP contribution is -2.49. The number of rotatable bonds is 4. The third kappa shape index (κ3) is 6.32. The number of halogens is 1. The van der Waals surface area contributed by atoms with E-state index in [1.54, 1.807) is 19.0 Å². The van der Waals surface area contributed by atoms with E-state index in [4.69, 9.17) is 9.73 Å². The van der Waals surface area contributed by atoms with E-state index in [1.165, 1.54) is 11.1 Å². The van der Waals surface area contributed by atoms with E-state index in [0.717, 1.165) is 71.0 Å². The molecule has 1 N–H and O–H groups in total. The van der Waals surface area contributed by atoms with Gasteiger partial charge in [0.15, 0.2) is 5.96 Å². The molecule has 3 aliphatic rings. The fourth-order valence-corrected chi connectivity index (χ4v) is 4.70. The topological polar surface area (TPSA) is 60.4 Å². The van der Waals surface area contributed by atoms with Crippen molar-refractivity contribution in [2.24, 2.45) is 4.99 Å². The number of likely N-dealkylation sites (N-methyl/N-ethyl adjacent to an activating group) is 1. The van der Waals surface area contributed by atoms with Crippen molar-refractivity contribution in [2.45, 2.75) is 37.8 Å². The lowest BCUT2D eigenvalue weighted by molar-refractivity contribution is -0.127. The molecule has 0 aromatic heterocycles. The molecule has 1 aromatic rings. The molecule has 31 heavy (non-hydrogen) atoms. The zero-order valence-corrected chi connectivity index (χ0v) is 21.1. The molecular weight excluding hydrogens is 505 g/mol. The second-order valence-electron chi connectivity index (χ2n) is 8.82. The summed E-state index contributed by atoms with van der Waals surface area (Å²) in [5.41, 5.74) is 2.89. The molecule has 1 amide bonds. The first-order valence-corrected chi connectivity index (χ1v) is 11.2. The van der Waals surface area contributed by atoms with Crippen molar-refractivity contribution >= 4 is 35.8 Å². The van der Waals surface area contributed by atoms with E-state index in [2.05, 4.69) is 39.4 Å². The van der Waals surface area contributed by atoms with Crippen molar-refractivity contribution in [3.05, 3.63) is 35.4 Å². The number of carbonyl (C=O) groups excluding carboxylic acids is 1. The summed E-state index contributed by atoms with van der Waals surface area (Å²) in [4.78, 5) is 23.4. The number of hydrogen-bond acceptors (Lipinski definition) is 4. The Balaban J connectivity index is 0.00000272. The average Bonchev–Trinajstić information content (AvgIpc) is 3.27. The molecule has 172 valence electrons. The molecule has 1 aromatic carbocycles. The highest BCUT2D eigenvalue weighted by Crippen LogP contribution is 2.22. The predicted molar refractivity (Wildman–Crippen MR) is 134 cm³/mol. The van der Waals surface area contributed by atoms with E-state index < -0.39 is 0 Å². The third-order valence-corrected chi connectivity index (χ3v) is 6.57. The van der Waals surface area contributed by atoms with Crippen LogP contribution in [0.5, 0.6) is 0 Å². The van der Waals surface area contributed by atoms with Gasteiger partial charge in [-0.3, -0.25) is 9.69 Å². The maximum atomic E-state index is 12.2. The molecule has 0 spiro atoms. The Morgan fingerprint density at radius 1 is 1.16 bits per heavy atom. The number of guanidine groups is 1. The van der Waals surface area contributed by atoms with Gasteiger partial charge in [0.2, 0.25) is 5.91 Å². The molecule has 2 saturated heterocycles. The number of ether oxygens (including phenoxy) is 1. The van der Waals surface area contributed by atoms with Gasteiger partial charge in [0.1, 0.15) is 6.54 Å². The van der Waals surface area contributed by atoms with E-state index in [9.17, 15) is 4.79 Å². The lowest BCUT2D eigenvalue weighted by atomic mass is 9.88. The highest BCUT2D eigenvalue weighted by Gasteiger charge is 2.31. The van der Waals surface area contributed by atoms with Crippen LogP contribution in [-0.4, -0.2) is 98.7 Å². The minimum absolute atomic E-state index is 0.